The number of hydrogen-bond donors (Lipinski definition) is 2. The highest BCUT2D eigenvalue weighted by Gasteiger charge is 2.38. The molecular formula is C17H28N2O2. The van der Waals surface area contributed by atoms with Gasteiger partial charge in [-0.15, -0.1) is 0 Å². The van der Waals surface area contributed by atoms with Crippen LogP contribution in [0.25, 0.3) is 0 Å². The van der Waals surface area contributed by atoms with Gasteiger partial charge in [0.25, 0.3) is 0 Å². The van der Waals surface area contributed by atoms with Crippen molar-refractivity contribution in [3.05, 3.63) is 29.8 Å². The maximum atomic E-state index is 10.0. The smallest absolute Gasteiger partial charge is 0.122 e. The van der Waals surface area contributed by atoms with Gasteiger partial charge in [0.05, 0.1) is 0 Å². The van der Waals surface area contributed by atoms with Gasteiger partial charge < -0.3 is 20.1 Å². The molecule has 2 rings (SSSR count). The van der Waals surface area contributed by atoms with E-state index < -0.39 is 6.10 Å². The van der Waals surface area contributed by atoms with E-state index in [1.807, 2.05) is 31.2 Å². The zero-order chi connectivity index (χ0) is 15.3. The van der Waals surface area contributed by atoms with Crippen LogP contribution in [0.4, 0.5) is 0 Å². The van der Waals surface area contributed by atoms with Gasteiger partial charge in [0.1, 0.15) is 18.5 Å². The molecule has 0 aromatic heterocycles. The highest BCUT2D eigenvalue weighted by atomic mass is 16.5. The van der Waals surface area contributed by atoms with Gasteiger partial charge in [0, 0.05) is 18.6 Å². The fourth-order valence-electron chi connectivity index (χ4n) is 2.80. The van der Waals surface area contributed by atoms with Gasteiger partial charge in [-0.3, -0.25) is 0 Å². The van der Waals surface area contributed by atoms with E-state index >= 15 is 0 Å². The molecule has 0 bridgehead atoms. The van der Waals surface area contributed by atoms with Crippen molar-refractivity contribution in [2.75, 3.05) is 33.8 Å². The van der Waals surface area contributed by atoms with Crippen molar-refractivity contribution in [3.8, 4) is 5.75 Å². The third-order valence-electron chi connectivity index (χ3n) is 4.59. The Hall–Kier alpha value is -1.10. The van der Waals surface area contributed by atoms with Crippen molar-refractivity contribution in [2.45, 2.75) is 37.8 Å². The Morgan fingerprint density at radius 3 is 2.62 bits per heavy atom. The molecule has 1 aliphatic rings. The molecular weight excluding hydrogens is 264 g/mol. The Bertz CT molecular complexity index is 444. The minimum absolute atomic E-state index is 0.288. The summed E-state index contributed by atoms with van der Waals surface area (Å²) in [5, 5.41) is 13.4. The first-order valence-corrected chi connectivity index (χ1v) is 7.78. The number of nitrogens with zero attached hydrogens (tertiary/aromatic N) is 1. The van der Waals surface area contributed by atoms with Crippen molar-refractivity contribution < 1.29 is 9.84 Å². The van der Waals surface area contributed by atoms with E-state index in [-0.39, 0.29) is 5.54 Å². The monoisotopic (exact) mass is 292 g/mol. The van der Waals surface area contributed by atoms with Gasteiger partial charge in [0.2, 0.25) is 0 Å². The van der Waals surface area contributed by atoms with Crippen LogP contribution >= 0.6 is 0 Å². The first-order valence-electron chi connectivity index (χ1n) is 7.78. The largest absolute Gasteiger partial charge is 0.491 e. The summed E-state index contributed by atoms with van der Waals surface area (Å²) in [4.78, 5) is 2.31. The Balaban J connectivity index is 1.68. The molecule has 1 aromatic carbocycles. The summed E-state index contributed by atoms with van der Waals surface area (Å²) >= 11 is 0. The maximum absolute atomic E-state index is 10.0. The van der Waals surface area contributed by atoms with E-state index in [0.29, 0.717) is 13.2 Å². The lowest BCUT2D eigenvalue weighted by Crippen LogP contribution is -2.57. The van der Waals surface area contributed by atoms with Crippen molar-refractivity contribution in [2.24, 2.45) is 0 Å². The number of likely N-dealkylation sites (N-methyl/N-ethyl adjacent to an activating group) is 1. The van der Waals surface area contributed by atoms with E-state index in [9.17, 15) is 5.11 Å². The Kier molecular flexibility index (Phi) is 5.62. The first-order chi connectivity index (χ1) is 10.0. The van der Waals surface area contributed by atoms with Crippen LogP contribution in [0, 0.1) is 6.92 Å². The quantitative estimate of drug-likeness (QED) is 0.767. The van der Waals surface area contributed by atoms with Crippen molar-refractivity contribution in [1.29, 1.82) is 0 Å². The molecule has 0 amide bonds. The molecule has 1 saturated carbocycles. The third-order valence-corrected chi connectivity index (χ3v) is 4.59. The van der Waals surface area contributed by atoms with Gasteiger partial charge in [-0.25, -0.2) is 0 Å². The van der Waals surface area contributed by atoms with Crippen molar-refractivity contribution in [3.63, 3.8) is 0 Å². The molecule has 0 heterocycles. The average molecular weight is 292 g/mol. The van der Waals surface area contributed by atoms with E-state index in [0.717, 1.165) is 17.9 Å². The number of aliphatic hydroxyl groups is 1. The summed E-state index contributed by atoms with van der Waals surface area (Å²) in [7, 11) is 4.27. The molecule has 1 atom stereocenters. The molecule has 1 aliphatic carbocycles. The number of rotatable bonds is 8. The molecule has 4 nitrogen and oxygen atoms in total. The molecule has 1 fully saturated rings. The van der Waals surface area contributed by atoms with Crippen molar-refractivity contribution in [1.82, 2.24) is 10.2 Å². The highest BCUT2D eigenvalue weighted by Crippen LogP contribution is 2.35. The van der Waals surface area contributed by atoms with Crippen LogP contribution in [0.3, 0.4) is 0 Å². The fraction of sp³-hybridized carbons (Fsp3) is 0.647. The molecule has 1 aromatic rings. The lowest BCUT2D eigenvalue weighted by Gasteiger charge is -2.47. The lowest BCUT2D eigenvalue weighted by molar-refractivity contribution is 0.0511. The number of benzene rings is 1. The zero-order valence-corrected chi connectivity index (χ0v) is 13.4. The summed E-state index contributed by atoms with van der Waals surface area (Å²) in [5.74, 6) is 0.848. The molecule has 0 saturated heterocycles. The number of aryl methyl sites for hydroxylation is 1. The second-order valence-electron chi connectivity index (χ2n) is 6.33. The number of para-hydroxylation sites is 1. The van der Waals surface area contributed by atoms with E-state index in [2.05, 4.69) is 24.3 Å². The van der Waals surface area contributed by atoms with E-state index in [1.165, 1.54) is 19.3 Å². The summed E-state index contributed by atoms with van der Waals surface area (Å²) < 4.78 is 5.67. The van der Waals surface area contributed by atoms with Crippen LogP contribution in [0.5, 0.6) is 5.75 Å². The fourth-order valence-corrected chi connectivity index (χ4v) is 2.80. The molecule has 0 radical (unpaired) electrons. The highest BCUT2D eigenvalue weighted by molar-refractivity contribution is 5.31. The standard InChI is InChI=1S/C17H28N2O2/c1-14-7-4-5-8-16(14)21-12-15(20)11-18-13-17(19(2)3)9-6-10-17/h4-5,7-8,15,18,20H,6,9-13H2,1-3H3. The normalized spacial score (nSPS) is 18.3. The summed E-state index contributed by atoms with van der Waals surface area (Å²) in [5.41, 5.74) is 1.38. The van der Waals surface area contributed by atoms with Gasteiger partial charge in [-0.1, -0.05) is 18.2 Å². The third kappa shape index (κ3) is 4.19. The lowest BCUT2D eigenvalue weighted by atomic mass is 9.75. The van der Waals surface area contributed by atoms with Gasteiger partial charge in [0.15, 0.2) is 0 Å². The van der Waals surface area contributed by atoms with Crippen molar-refractivity contribution >= 4 is 0 Å². The Morgan fingerprint density at radius 1 is 1.33 bits per heavy atom. The predicted octanol–water partition coefficient (Wildman–Crippen LogP) is 1.81. The second-order valence-corrected chi connectivity index (χ2v) is 6.33. The zero-order valence-electron chi connectivity index (χ0n) is 13.4. The summed E-state index contributed by atoms with van der Waals surface area (Å²) in [6.45, 7) is 3.84. The molecule has 0 spiro atoms. The Morgan fingerprint density at radius 2 is 2.05 bits per heavy atom. The maximum Gasteiger partial charge on any atom is 0.122 e. The summed E-state index contributed by atoms with van der Waals surface area (Å²) in [6, 6.07) is 7.88. The molecule has 118 valence electrons. The second kappa shape index (κ2) is 7.25. The first kappa shape index (κ1) is 16.3. The predicted molar refractivity (Wildman–Crippen MR) is 85.8 cm³/mol. The van der Waals surface area contributed by atoms with Crippen LogP contribution in [0.1, 0.15) is 24.8 Å². The molecule has 0 aliphatic heterocycles. The van der Waals surface area contributed by atoms with Gasteiger partial charge >= 0.3 is 0 Å². The van der Waals surface area contributed by atoms with Crippen LogP contribution in [-0.4, -0.2) is 55.4 Å². The number of nitrogens with one attached hydrogen (secondary N) is 1. The molecule has 2 N–H and O–H groups in total. The Labute approximate surface area is 128 Å². The van der Waals surface area contributed by atoms with Crippen LogP contribution in [-0.2, 0) is 0 Å². The minimum atomic E-state index is -0.483. The molecule has 1 unspecified atom stereocenters. The van der Waals surface area contributed by atoms with Crippen LogP contribution in [0.2, 0.25) is 0 Å². The van der Waals surface area contributed by atoms with Crippen LogP contribution in [0.15, 0.2) is 24.3 Å². The van der Waals surface area contributed by atoms with E-state index in [1.54, 1.807) is 0 Å². The van der Waals surface area contributed by atoms with Gasteiger partial charge in [-0.05, 0) is 51.9 Å². The van der Waals surface area contributed by atoms with Crippen LogP contribution < -0.4 is 10.1 Å². The van der Waals surface area contributed by atoms with Gasteiger partial charge in [-0.2, -0.15) is 0 Å². The SMILES string of the molecule is Cc1ccccc1OCC(O)CNCC1(N(C)C)CCC1. The number of hydrogen-bond acceptors (Lipinski definition) is 4. The molecule has 21 heavy (non-hydrogen) atoms. The number of ether oxygens (including phenoxy) is 1. The number of aliphatic hydroxyl groups excluding tert-OH is 1. The molecule has 4 heteroatoms. The minimum Gasteiger partial charge on any atom is -0.491 e. The summed E-state index contributed by atoms with van der Waals surface area (Å²) in [6.07, 6.45) is 3.30. The topological polar surface area (TPSA) is 44.7 Å². The van der Waals surface area contributed by atoms with E-state index in [4.69, 9.17) is 4.74 Å². The average Bonchev–Trinajstić information content (AvgIpc) is 2.40.